The number of benzene rings is 1. The number of nitrogens with two attached hydrogens (primary N) is 1. The van der Waals surface area contributed by atoms with Crippen molar-refractivity contribution in [3.63, 3.8) is 0 Å². The van der Waals surface area contributed by atoms with Crippen LogP contribution in [-0.2, 0) is 0 Å². The number of hydrogen-bond acceptors (Lipinski definition) is 2. The molecule has 1 rings (SSSR count). The first-order chi connectivity index (χ1) is 6.72. The third kappa shape index (κ3) is 5.80. The van der Waals surface area contributed by atoms with Gasteiger partial charge < -0.3 is 10.8 Å². The van der Waals surface area contributed by atoms with E-state index in [0.29, 0.717) is 5.69 Å². The Balaban J connectivity index is 0. The van der Waals surface area contributed by atoms with Crippen LogP contribution < -0.4 is 5.73 Å². The highest BCUT2D eigenvalue weighted by Crippen LogP contribution is 2.08. The Hall–Kier alpha value is -0.780. The molecule has 14 heavy (non-hydrogen) atoms. The zero-order chi connectivity index (χ0) is 11.6. The summed E-state index contributed by atoms with van der Waals surface area (Å²) in [6.45, 7) is 4.00. The zero-order valence-electron chi connectivity index (χ0n) is 8.62. The Morgan fingerprint density at radius 3 is 2.00 bits per heavy atom. The number of carboxylic acid groups (broad SMARTS) is 1. The molecule has 0 atom stereocenters. The first kappa shape index (κ1) is 15.7. The van der Waals surface area contributed by atoms with Crippen molar-refractivity contribution in [2.45, 2.75) is 13.8 Å². The van der Waals surface area contributed by atoms with Gasteiger partial charge in [0.1, 0.15) is 0 Å². The summed E-state index contributed by atoms with van der Waals surface area (Å²) < 4.78 is 0. The van der Waals surface area contributed by atoms with Crippen molar-refractivity contribution in [1.29, 1.82) is 0 Å². The lowest BCUT2D eigenvalue weighted by Crippen LogP contribution is -2.00. The van der Waals surface area contributed by atoms with Crippen molar-refractivity contribution in [3.8, 4) is 0 Å². The molecule has 1 aromatic rings. The van der Waals surface area contributed by atoms with E-state index < -0.39 is 5.97 Å². The maximum absolute atomic E-state index is 10.3. The summed E-state index contributed by atoms with van der Waals surface area (Å²) in [4.78, 5) is 12.3. The Bertz CT molecular complexity index is 264. The van der Waals surface area contributed by atoms with E-state index in [-0.39, 0.29) is 5.56 Å². The van der Waals surface area contributed by atoms with Crippen LogP contribution in [0.15, 0.2) is 24.3 Å². The van der Waals surface area contributed by atoms with Gasteiger partial charge in [-0.1, -0.05) is 48.6 Å². The highest BCUT2D eigenvalue weighted by atomic mass is 127. The predicted octanol–water partition coefficient (Wildman–Crippen LogP) is 3.04. The summed E-state index contributed by atoms with van der Waals surface area (Å²) in [7, 11) is 0. The van der Waals surface area contributed by atoms with Crippen LogP contribution in [0.3, 0.4) is 0 Å². The molecule has 0 amide bonds. The van der Waals surface area contributed by atoms with E-state index in [2.05, 4.69) is 22.6 Å². The molecule has 0 aliphatic rings. The van der Waals surface area contributed by atoms with Gasteiger partial charge in [-0.2, -0.15) is 0 Å². The average molecular weight is 309 g/mol. The Morgan fingerprint density at radius 1 is 1.29 bits per heavy atom. The number of rotatable bonds is 1. The largest absolute Gasteiger partial charge is 0.478 e. The van der Waals surface area contributed by atoms with Gasteiger partial charge in [0, 0.05) is 5.69 Å². The highest BCUT2D eigenvalue weighted by molar-refractivity contribution is 14.1. The second-order valence-electron chi connectivity index (χ2n) is 1.89. The van der Waals surface area contributed by atoms with Crippen LogP contribution >= 0.6 is 22.6 Å². The normalized spacial score (nSPS) is 7.43. The Morgan fingerprint density at radius 2 is 1.71 bits per heavy atom. The van der Waals surface area contributed by atoms with Gasteiger partial charge in [0.25, 0.3) is 0 Å². The Kier molecular flexibility index (Phi) is 11.5. The van der Waals surface area contributed by atoms with Crippen LogP contribution in [0.2, 0.25) is 0 Å². The number of anilines is 1. The molecule has 0 saturated carbocycles. The van der Waals surface area contributed by atoms with E-state index in [4.69, 9.17) is 10.8 Å². The summed E-state index contributed by atoms with van der Waals surface area (Å²) in [5.74, 6) is -0.988. The molecular weight excluding hydrogens is 293 g/mol. The molecule has 0 unspecified atom stereocenters. The SMILES string of the molecule is CC.CI.Nc1ccccc1C(=O)O. The van der Waals surface area contributed by atoms with Crippen LogP contribution in [0.25, 0.3) is 0 Å². The molecule has 0 radical (unpaired) electrons. The maximum atomic E-state index is 10.3. The summed E-state index contributed by atoms with van der Waals surface area (Å²) in [5, 5.41) is 8.49. The molecular formula is C10H16INO2. The summed E-state index contributed by atoms with van der Waals surface area (Å²) in [6.07, 6.45) is 0. The van der Waals surface area contributed by atoms with Crippen molar-refractivity contribution in [2.75, 3.05) is 10.7 Å². The fourth-order valence-corrected chi connectivity index (χ4v) is 0.692. The third-order valence-corrected chi connectivity index (χ3v) is 1.19. The van der Waals surface area contributed by atoms with Crippen LogP contribution in [0, 0.1) is 0 Å². The summed E-state index contributed by atoms with van der Waals surface area (Å²) >= 11 is 2.15. The molecule has 0 fully saturated rings. The van der Waals surface area contributed by atoms with Gasteiger partial charge in [0.15, 0.2) is 0 Å². The van der Waals surface area contributed by atoms with Gasteiger partial charge in [-0.3, -0.25) is 0 Å². The predicted molar refractivity (Wildman–Crippen MR) is 69.1 cm³/mol. The molecule has 0 aliphatic heterocycles. The van der Waals surface area contributed by atoms with E-state index in [9.17, 15) is 4.79 Å². The Labute approximate surface area is 98.5 Å². The average Bonchev–Trinajstić information content (AvgIpc) is 2.24. The van der Waals surface area contributed by atoms with Gasteiger partial charge in [0.2, 0.25) is 0 Å². The van der Waals surface area contributed by atoms with Gasteiger partial charge in [-0.05, 0) is 17.1 Å². The molecule has 0 bridgehead atoms. The van der Waals surface area contributed by atoms with Crippen molar-refractivity contribution in [2.24, 2.45) is 0 Å². The van der Waals surface area contributed by atoms with Crippen LogP contribution in [0.4, 0.5) is 5.69 Å². The lowest BCUT2D eigenvalue weighted by atomic mass is 10.2. The molecule has 1 aromatic carbocycles. The highest BCUT2D eigenvalue weighted by Gasteiger charge is 2.03. The van der Waals surface area contributed by atoms with E-state index >= 15 is 0 Å². The quantitative estimate of drug-likeness (QED) is 0.476. The molecule has 3 nitrogen and oxygen atoms in total. The number of para-hydroxylation sites is 1. The molecule has 0 aliphatic carbocycles. The number of nitrogen functional groups attached to an aromatic ring is 1. The molecule has 0 aromatic heterocycles. The first-order valence-electron chi connectivity index (χ1n) is 4.17. The molecule has 0 spiro atoms. The van der Waals surface area contributed by atoms with Crippen molar-refractivity contribution in [3.05, 3.63) is 29.8 Å². The van der Waals surface area contributed by atoms with Crippen molar-refractivity contribution < 1.29 is 9.90 Å². The minimum Gasteiger partial charge on any atom is -0.478 e. The van der Waals surface area contributed by atoms with Crippen molar-refractivity contribution in [1.82, 2.24) is 0 Å². The number of alkyl halides is 1. The minimum absolute atomic E-state index is 0.155. The van der Waals surface area contributed by atoms with Gasteiger partial charge >= 0.3 is 5.97 Å². The zero-order valence-corrected chi connectivity index (χ0v) is 10.8. The van der Waals surface area contributed by atoms with Crippen LogP contribution in [0.5, 0.6) is 0 Å². The third-order valence-electron chi connectivity index (χ3n) is 1.19. The number of carboxylic acids is 1. The molecule has 4 heteroatoms. The monoisotopic (exact) mass is 309 g/mol. The summed E-state index contributed by atoms with van der Waals surface area (Å²) in [6, 6.07) is 6.36. The number of hydrogen-bond donors (Lipinski definition) is 2. The van der Waals surface area contributed by atoms with Gasteiger partial charge in [-0.25, -0.2) is 4.79 Å². The van der Waals surface area contributed by atoms with Gasteiger partial charge in [0.05, 0.1) is 5.56 Å². The standard InChI is InChI=1S/C7H7NO2.C2H6.CH3I/c8-6-4-2-1-3-5(6)7(9)10;2*1-2/h1-4H,8H2,(H,9,10);1-2H3;1H3. The van der Waals surface area contributed by atoms with Crippen molar-refractivity contribution >= 4 is 34.2 Å². The van der Waals surface area contributed by atoms with Crippen LogP contribution in [-0.4, -0.2) is 16.0 Å². The molecule has 3 N–H and O–H groups in total. The maximum Gasteiger partial charge on any atom is 0.337 e. The smallest absolute Gasteiger partial charge is 0.337 e. The van der Waals surface area contributed by atoms with Gasteiger partial charge in [-0.15, -0.1) is 0 Å². The number of carbonyl (C=O) groups is 1. The molecule has 80 valence electrons. The summed E-state index contributed by atoms with van der Waals surface area (Å²) in [5.41, 5.74) is 5.80. The fraction of sp³-hybridized carbons (Fsp3) is 0.300. The number of halogens is 1. The van der Waals surface area contributed by atoms with E-state index in [1.807, 2.05) is 18.8 Å². The second kappa shape index (κ2) is 10.3. The second-order valence-corrected chi connectivity index (χ2v) is 1.89. The fourth-order valence-electron chi connectivity index (χ4n) is 0.692. The molecule has 0 saturated heterocycles. The van der Waals surface area contributed by atoms with E-state index in [1.165, 1.54) is 6.07 Å². The molecule has 0 heterocycles. The lowest BCUT2D eigenvalue weighted by molar-refractivity contribution is 0.0698. The first-order valence-corrected chi connectivity index (χ1v) is 6.33. The van der Waals surface area contributed by atoms with E-state index in [0.717, 1.165) is 0 Å². The topological polar surface area (TPSA) is 63.3 Å². The minimum atomic E-state index is -0.988. The number of aromatic carboxylic acids is 1. The van der Waals surface area contributed by atoms with Crippen LogP contribution in [0.1, 0.15) is 24.2 Å². The van der Waals surface area contributed by atoms with E-state index in [1.54, 1.807) is 18.2 Å². The lowest BCUT2D eigenvalue weighted by Gasteiger charge is -1.96.